The Morgan fingerprint density at radius 3 is 2.52 bits per heavy atom. The maximum absolute atomic E-state index is 13.3. The highest BCUT2D eigenvalue weighted by Gasteiger charge is 2.14. The van der Waals surface area contributed by atoms with E-state index >= 15 is 0 Å². The summed E-state index contributed by atoms with van der Waals surface area (Å²) in [6.07, 6.45) is 0. The number of thiazole rings is 1. The largest absolute Gasteiger partial charge is 0.272 e. The number of benzene rings is 2. The maximum Gasteiger partial charge on any atom is 0.272 e. The van der Waals surface area contributed by atoms with Crippen LogP contribution in [0, 0.1) is 22.9 Å². The van der Waals surface area contributed by atoms with Gasteiger partial charge < -0.3 is 0 Å². The molecule has 0 N–H and O–H groups in total. The third-order valence-electron chi connectivity index (χ3n) is 4.27. The van der Waals surface area contributed by atoms with Crippen LogP contribution in [0.4, 0.5) is 10.1 Å². The Hall–Kier alpha value is -3.13. The summed E-state index contributed by atoms with van der Waals surface area (Å²) in [5.41, 5.74) is 3.49. The van der Waals surface area contributed by atoms with Crippen LogP contribution in [0.5, 0.6) is 0 Å². The fourth-order valence-corrected chi connectivity index (χ4v) is 3.73. The standard InChI is InChI=1S/C21H21FN4O2S/c1-13(2)23-21-25(20(12-29-21)16-7-9-18(22)10-8-16)24-15(4)17-6-5-14(3)19(11-17)26(27)28/h5-13H,1-4H3. The molecule has 0 bridgehead atoms. The number of hydrogen-bond acceptors (Lipinski definition) is 5. The third kappa shape index (κ3) is 4.65. The van der Waals surface area contributed by atoms with Crippen LogP contribution in [0.15, 0.2) is 57.9 Å². The van der Waals surface area contributed by atoms with Gasteiger partial charge in [0.15, 0.2) is 0 Å². The molecule has 150 valence electrons. The minimum Gasteiger partial charge on any atom is -0.258 e. The van der Waals surface area contributed by atoms with Crippen molar-refractivity contribution in [1.82, 2.24) is 4.68 Å². The van der Waals surface area contributed by atoms with Crippen molar-refractivity contribution < 1.29 is 9.31 Å². The molecule has 8 heteroatoms. The number of aryl methyl sites for hydroxylation is 1. The van der Waals surface area contributed by atoms with Gasteiger partial charge in [0.1, 0.15) is 5.82 Å². The summed E-state index contributed by atoms with van der Waals surface area (Å²) in [7, 11) is 0. The molecule has 1 aromatic heterocycles. The second kappa shape index (κ2) is 8.48. The SMILES string of the molecule is CC(=Nn1c(-c2ccc(F)cc2)csc1=NC(C)C)c1ccc(C)c([N+](=O)[O-])c1. The molecule has 0 spiro atoms. The minimum absolute atomic E-state index is 0.0539. The van der Waals surface area contributed by atoms with Gasteiger partial charge in [-0.05, 0) is 52.0 Å². The zero-order valence-electron chi connectivity index (χ0n) is 16.6. The van der Waals surface area contributed by atoms with Crippen molar-refractivity contribution >= 4 is 22.7 Å². The molecule has 3 rings (SSSR count). The van der Waals surface area contributed by atoms with E-state index in [1.165, 1.54) is 29.5 Å². The van der Waals surface area contributed by atoms with Gasteiger partial charge in [-0.25, -0.2) is 9.07 Å². The van der Waals surface area contributed by atoms with Gasteiger partial charge in [-0.15, -0.1) is 11.3 Å². The lowest BCUT2D eigenvalue weighted by Gasteiger charge is -2.07. The molecule has 0 radical (unpaired) electrons. The summed E-state index contributed by atoms with van der Waals surface area (Å²) in [4.78, 5) is 16.2. The van der Waals surface area contributed by atoms with E-state index < -0.39 is 4.92 Å². The van der Waals surface area contributed by atoms with Crippen molar-refractivity contribution in [3.05, 3.63) is 79.7 Å². The first-order valence-corrected chi connectivity index (χ1v) is 9.95. The molecule has 0 aliphatic carbocycles. The van der Waals surface area contributed by atoms with Crippen molar-refractivity contribution in [3.63, 3.8) is 0 Å². The van der Waals surface area contributed by atoms with Gasteiger partial charge in [-0.1, -0.05) is 12.1 Å². The van der Waals surface area contributed by atoms with Gasteiger partial charge in [0.25, 0.3) is 5.69 Å². The van der Waals surface area contributed by atoms with Crippen molar-refractivity contribution in [3.8, 4) is 11.3 Å². The molecule has 3 aromatic rings. The van der Waals surface area contributed by atoms with Crippen molar-refractivity contribution in [2.45, 2.75) is 33.7 Å². The molecule has 0 aliphatic rings. The van der Waals surface area contributed by atoms with E-state index in [1.807, 2.05) is 25.3 Å². The summed E-state index contributed by atoms with van der Waals surface area (Å²) in [6, 6.07) is 11.3. The first kappa shape index (κ1) is 20.6. The lowest BCUT2D eigenvalue weighted by molar-refractivity contribution is -0.385. The number of aromatic nitrogens is 1. The molecule has 0 saturated carbocycles. The third-order valence-corrected chi connectivity index (χ3v) is 5.10. The Labute approximate surface area is 171 Å². The van der Waals surface area contributed by atoms with E-state index in [-0.39, 0.29) is 17.5 Å². The topological polar surface area (TPSA) is 72.8 Å². The average Bonchev–Trinajstić information content (AvgIpc) is 3.04. The fourth-order valence-electron chi connectivity index (χ4n) is 2.76. The predicted octanol–water partition coefficient (Wildman–Crippen LogP) is 5.15. The van der Waals surface area contributed by atoms with Gasteiger partial charge in [0.2, 0.25) is 4.80 Å². The second-order valence-corrected chi connectivity index (χ2v) is 7.73. The Morgan fingerprint density at radius 2 is 1.90 bits per heavy atom. The van der Waals surface area contributed by atoms with Crippen LogP contribution >= 0.6 is 11.3 Å². The van der Waals surface area contributed by atoms with E-state index in [4.69, 9.17) is 5.10 Å². The molecule has 29 heavy (non-hydrogen) atoms. The number of hydrogen-bond donors (Lipinski definition) is 0. The molecule has 6 nitrogen and oxygen atoms in total. The zero-order valence-corrected chi connectivity index (χ0v) is 17.4. The van der Waals surface area contributed by atoms with Crippen LogP contribution in [-0.2, 0) is 0 Å². The van der Waals surface area contributed by atoms with E-state index in [1.54, 1.807) is 36.7 Å². The normalized spacial score (nSPS) is 12.6. The zero-order chi connectivity index (χ0) is 21.1. The van der Waals surface area contributed by atoms with E-state index in [0.717, 1.165) is 11.3 Å². The number of rotatable bonds is 5. The Morgan fingerprint density at radius 1 is 1.21 bits per heavy atom. The van der Waals surface area contributed by atoms with Crippen molar-refractivity contribution in [2.24, 2.45) is 10.1 Å². The number of nitro groups is 1. The monoisotopic (exact) mass is 412 g/mol. The molecular formula is C21H21FN4O2S. The van der Waals surface area contributed by atoms with Crippen molar-refractivity contribution in [2.75, 3.05) is 0 Å². The molecule has 0 unspecified atom stereocenters. The smallest absolute Gasteiger partial charge is 0.258 e. The first-order valence-electron chi connectivity index (χ1n) is 9.07. The summed E-state index contributed by atoms with van der Waals surface area (Å²) < 4.78 is 15.0. The van der Waals surface area contributed by atoms with Crippen LogP contribution in [0.25, 0.3) is 11.3 Å². The van der Waals surface area contributed by atoms with Gasteiger partial charge in [-0.2, -0.15) is 5.10 Å². The molecule has 0 fully saturated rings. The molecular weight excluding hydrogens is 391 g/mol. The van der Waals surface area contributed by atoms with Gasteiger partial charge in [-0.3, -0.25) is 15.1 Å². The van der Waals surface area contributed by atoms with E-state index in [2.05, 4.69) is 4.99 Å². The summed E-state index contributed by atoms with van der Waals surface area (Å²) in [6.45, 7) is 7.45. The Kier molecular flexibility index (Phi) is 6.03. The number of halogens is 1. The van der Waals surface area contributed by atoms with Crippen LogP contribution in [0.2, 0.25) is 0 Å². The molecule has 2 aromatic carbocycles. The number of nitro benzene ring substituents is 1. The van der Waals surface area contributed by atoms with Crippen LogP contribution in [0.3, 0.4) is 0 Å². The highest BCUT2D eigenvalue weighted by atomic mass is 32.1. The first-order chi connectivity index (χ1) is 13.8. The fraction of sp³-hybridized carbons (Fsp3) is 0.238. The van der Waals surface area contributed by atoms with E-state index in [0.29, 0.717) is 21.6 Å². The molecule has 0 amide bonds. The molecule has 0 atom stereocenters. The minimum atomic E-state index is -0.396. The number of nitrogens with zero attached hydrogens (tertiary/aromatic N) is 4. The molecule has 0 saturated heterocycles. The van der Waals surface area contributed by atoms with Gasteiger partial charge in [0, 0.05) is 34.2 Å². The highest BCUT2D eigenvalue weighted by molar-refractivity contribution is 7.07. The predicted molar refractivity (Wildman–Crippen MR) is 114 cm³/mol. The Bertz CT molecular complexity index is 1140. The summed E-state index contributed by atoms with van der Waals surface area (Å²) in [5.74, 6) is -0.311. The van der Waals surface area contributed by atoms with Crippen LogP contribution < -0.4 is 4.80 Å². The lowest BCUT2D eigenvalue weighted by atomic mass is 10.1. The van der Waals surface area contributed by atoms with Crippen LogP contribution in [-0.4, -0.2) is 21.4 Å². The van der Waals surface area contributed by atoms with Gasteiger partial charge in [0.05, 0.1) is 16.3 Å². The summed E-state index contributed by atoms with van der Waals surface area (Å²) >= 11 is 1.44. The lowest BCUT2D eigenvalue weighted by Crippen LogP contribution is -2.16. The van der Waals surface area contributed by atoms with E-state index in [9.17, 15) is 14.5 Å². The average molecular weight is 412 g/mol. The highest BCUT2D eigenvalue weighted by Crippen LogP contribution is 2.23. The van der Waals surface area contributed by atoms with Crippen molar-refractivity contribution in [1.29, 1.82) is 0 Å². The van der Waals surface area contributed by atoms with Crippen LogP contribution in [0.1, 0.15) is 31.9 Å². The second-order valence-electron chi connectivity index (χ2n) is 6.89. The maximum atomic E-state index is 13.3. The molecule has 0 aliphatic heterocycles. The molecule has 1 heterocycles. The summed E-state index contributed by atoms with van der Waals surface area (Å²) in [5, 5.41) is 17.9. The van der Waals surface area contributed by atoms with Gasteiger partial charge >= 0.3 is 0 Å². The quantitative estimate of drug-likeness (QED) is 0.330. The Balaban J connectivity index is 2.16.